The third-order valence-corrected chi connectivity index (χ3v) is 2.43. The van der Waals surface area contributed by atoms with Gasteiger partial charge in [-0.15, -0.1) is 0 Å². The summed E-state index contributed by atoms with van der Waals surface area (Å²) in [6.45, 7) is 11.8. The van der Waals surface area contributed by atoms with Gasteiger partial charge in [0.1, 0.15) is 0 Å². The molecule has 1 rings (SSSR count). The van der Waals surface area contributed by atoms with Crippen molar-refractivity contribution in [3.05, 3.63) is 85.4 Å². The molecule has 18 heavy (non-hydrogen) atoms. The zero-order chi connectivity index (χ0) is 13.4. The third-order valence-electron chi connectivity index (χ3n) is 2.43. The van der Waals surface area contributed by atoms with Crippen molar-refractivity contribution in [2.75, 3.05) is 7.05 Å². The zero-order valence-corrected chi connectivity index (χ0v) is 10.7. The minimum absolute atomic E-state index is 0.855. The SMILES string of the molecule is C=C/C(=C\C(=C)C(=C)/C=C\NC)c1ccncc1. The van der Waals surface area contributed by atoms with Gasteiger partial charge in [0.2, 0.25) is 0 Å². The first-order valence-corrected chi connectivity index (χ1v) is 5.65. The molecule has 1 heterocycles. The second-order valence-electron chi connectivity index (χ2n) is 3.71. The molecule has 0 amide bonds. The topological polar surface area (TPSA) is 24.9 Å². The number of aromatic nitrogens is 1. The van der Waals surface area contributed by atoms with E-state index >= 15 is 0 Å². The molecular formula is C16H18N2. The molecule has 0 aliphatic heterocycles. The summed E-state index contributed by atoms with van der Waals surface area (Å²) in [5.41, 5.74) is 3.78. The Kier molecular flexibility index (Phi) is 5.39. The summed E-state index contributed by atoms with van der Waals surface area (Å²) in [5.74, 6) is 0. The first-order valence-electron chi connectivity index (χ1n) is 5.65. The summed E-state index contributed by atoms with van der Waals surface area (Å²) < 4.78 is 0. The van der Waals surface area contributed by atoms with Gasteiger partial charge in [0.15, 0.2) is 0 Å². The summed E-state index contributed by atoms with van der Waals surface area (Å²) in [6.07, 6.45) is 11.0. The van der Waals surface area contributed by atoms with Crippen molar-refractivity contribution in [2.45, 2.75) is 0 Å². The normalized spacial score (nSPS) is 11.3. The van der Waals surface area contributed by atoms with Crippen LogP contribution in [0.5, 0.6) is 0 Å². The van der Waals surface area contributed by atoms with Gasteiger partial charge >= 0.3 is 0 Å². The summed E-state index contributed by atoms with van der Waals surface area (Å²) in [4.78, 5) is 4.00. The average Bonchev–Trinajstić information content (AvgIpc) is 2.42. The Hall–Kier alpha value is -2.35. The van der Waals surface area contributed by atoms with Crippen LogP contribution < -0.4 is 5.32 Å². The maximum atomic E-state index is 4.00. The molecule has 1 aromatic heterocycles. The monoisotopic (exact) mass is 238 g/mol. The van der Waals surface area contributed by atoms with Crippen molar-refractivity contribution in [3.8, 4) is 0 Å². The second kappa shape index (κ2) is 7.07. The Morgan fingerprint density at radius 2 is 1.89 bits per heavy atom. The van der Waals surface area contributed by atoms with E-state index in [-0.39, 0.29) is 0 Å². The van der Waals surface area contributed by atoms with Crippen molar-refractivity contribution < 1.29 is 0 Å². The van der Waals surface area contributed by atoms with E-state index < -0.39 is 0 Å². The fourth-order valence-electron chi connectivity index (χ4n) is 1.38. The van der Waals surface area contributed by atoms with Crippen molar-refractivity contribution in [2.24, 2.45) is 0 Å². The van der Waals surface area contributed by atoms with Gasteiger partial charge in [0.25, 0.3) is 0 Å². The Balaban J connectivity index is 2.93. The highest BCUT2D eigenvalue weighted by atomic mass is 14.8. The molecular weight excluding hydrogens is 220 g/mol. The van der Waals surface area contributed by atoms with Crippen molar-refractivity contribution in [3.63, 3.8) is 0 Å². The predicted octanol–water partition coefficient (Wildman–Crippen LogP) is 3.50. The van der Waals surface area contributed by atoms with Gasteiger partial charge in [0, 0.05) is 19.4 Å². The number of rotatable bonds is 6. The third kappa shape index (κ3) is 3.91. The minimum Gasteiger partial charge on any atom is -0.394 e. The number of hydrogen-bond acceptors (Lipinski definition) is 2. The van der Waals surface area contributed by atoms with Gasteiger partial charge in [0.05, 0.1) is 0 Å². The fraction of sp³-hybridized carbons (Fsp3) is 0.0625. The Labute approximate surface area is 109 Å². The molecule has 0 bridgehead atoms. The Morgan fingerprint density at radius 3 is 2.44 bits per heavy atom. The average molecular weight is 238 g/mol. The van der Waals surface area contributed by atoms with Crippen LogP contribution in [0.25, 0.3) is 5.57 Å². The van der Waals surface area contributed by atoms with Gasteiger partial charge in [-0.3, -0.25) is 4.98 Å². The maximum absolute atomic E-state index is 4.00. The highest BCUT2D eigenvalue weighted by Crippen LogP contribution is 2.19. The molecule has 1 N–H and O–H groups in total. The van der Waals surface area contributed by atoms with Crippen LogP contribution >= 0.6 is 0 Å². The zero-order valence-electron chi connectivity index (χ0n) is 10.7. The molecule has 0 spiro atoms. The van der Waals surface area contributed by atoms with Gasteiger partial charge in [-0.25, -0.2) is 0 Å². The van der Waals surface area contributed by atoms with Crippen molar-refractivity contribution in [1.29, 1.82) is 0 Å². The van der Waals surface area contributed by atoms with E-state index in [1.807, 2.05) is 37.5 Å². The number of nitrogens with one attached hydrogen (secondary N) is 1. The van der Waals surface area contributed by atoms with Crippen LogP contribution in [0.3, 0.4) is 0 Å². The first kappa shape index (κ1) is 13.7. The van der Waals surface area contributed by atoms with E-state index in [1.54, 1.807) is 18.5 Å². The molecule has 0 radical (unpaired) electrons. The highest BCUT2D eigenvalue weighted by molar-refractivity contribution is 5.76. The van der Waals surface area contributed by atoms with Gasteiger partial charge < -0.3 is 5.32 Å². The van der Waals surface area contributed by atoms with E-state index in [0.29, 0.717) is 0 Å². The molecule has 0 saturated carbocycles. The van der Waals surface area contributed by atoms with Crippen LogP contribution in [0.15, 0.2) is 79.8 Å². The molecule has 2 nitrogen and oxygen atoms in total. The number of allylic oxidation sites excluding steroid dienone is 6. The lowest BCUT2D eigenvalue weighted by atomic mass is 10.0. The van der Waals surface area contributed by atoms with E-state index in [9.17, 15) is 0 Å². The molecule has 0 saturated heterocycles. The van der Waals surface area contributed by atoms with Crippen molar-refractivity contribution in [1.82, 2.24) is 10.3 Å². The van der Waals surface area contributed by atoms with Gasteiger partial charge in [-0.2, -0.15) is 0 Å². The Bertz CT molecular complexity index is 493. The lowest BCUT2D eigenvalue weighted by molar-refractivity contribution is 1.10. The Morgan fingerprint density at radius 1 is 1.22 bits per heavy atom. The predicted molar refractivity (Wildman–Crippen MR) is 78.9 cm³/mol. The van der Waals surface area contributed by atoms with Crippen LogP contribution in [0.1, 0.15) is 5.56 Å². The lowest BCUT2D eigenvalue weighted by Gasteiger charge is -2.04. The molecule has 1 aromatic rings. The van der Waals surface area contributed by atoms with E-state index in [4.69, 9.17) is 0 Å². The van der Waals surface area contributed by atoms with Gasteiger partial charge in [-0.1, -0.05) is 25.8 Å². The van der Waals surface area contributed by atoms with Crippen molar-refractivity contribution >= 4 is 5.57 Å². The number of pyridine rings is 1. The molecule has 0 atom stereocenters. The molecule has 92 valence electrons. The van der Waals surface area contributed by atoms with Crippen LogP contribution in [0.2, 0.25) is 0 Å². The first-order chi connectivity index (χ1) is 8.69. The molecule has 0 aliphatic rings. The molecule has 0 aromatic carbocycles. The second-order valence-corrected chi connectivity index (χ2v) is 3.71. The summed E-state index contributed by atoms with van der Waals surface area (Å²) >= 11 is 0. The number of hydrogen-bond donors (Lipinski definition) is 1. The largest absolute Gasteiger partial charge is 0.394 e. The highest BCUT2D eigenvalue weighted by Gasteiger charge is 1.99. The van der Waals surface area contributed by atoms with E-state index in [0.717, 1.165) is 22.3 Å². The van der Waals surface area contributed by atoms with E-state index in [2.05, 4.69) is 30.0 Å². The number of nitrogens with zero attached hydrogens (tertiary/aromatic N) is 1. The maximum Gasteiger partial charge on any atom is 0.0273 e. The molecule has 0 fully saturated rings. The molecule has 0 unspecified atom stereocenters. The molecule has 2 heteroatoms. The minimum atomic E-state index is 0.855. The van der Waals surface area contributed by atoms with E-state index in [1.165, 1.54) is 0 Å². The molecule has 0 aliphatic carbocycles. The fourth-order valence-corrected chi connectivity index (χ4v) is 1.38. The van der Waals surface area contributed by atoms with Crippen LogP contribution in [-0.4, -0.2) is 12.0 Å². The lowest BCUT2D eigenvalue weighted by Crippen LogP contribution is -1.92. The van der Waals surface area contributed by atoms with Crippen LogP contribution in [-0.2, 0) is 0 Å². The van der Waals surface area contributed by atoms with Crippen LogP contribution in [0, 0.1) is 0 Å². The standard InChI is InChI=1S/C16H18N2/c1-5-15(16-7-10-18-11-8-16)12-14(3)13(2)6-9-17-4/h5-12,17H,1-3H2,4H3/b9-6-,15-12+. The summed E-state index contributed by atoms with van der Waals surface area (Å²) in [6, 6.07) is 3.87. The smallest absolute Gasteiger partial charge is 0.0273 e. The van der Waals surface area contributed by atoms with Gasteiger partial charge in [-0.05, 0) is 52.8 Å². The summed E-state index contributed by atoms with van der Waals surface area (Å²) in [7, 11) is 1.84. The quantitative estimate of drug-likeness (QED) is 0.767. The summed E-state index contributed by atoms with van der Waals surface area (Å²) in [5, 5.41) is 2.92. The van der Waals surface area contributed by atoms with Crippen LogP contribution in [0.4, 0.5) is 0 Å².